The summed E-state index contributed by atoms with van der Waals surface area (Å²) in [6.07, 6.45) is 0. The van der Waals surface area contributed by atoms with E-state index in [1.807, 2.05) is 12.1 Å². The van der Waals surface area contributed by atoms with E-state index in [0.717, 1.165) is 11.3 Å². The molecule has 0 aliphatic heterocycles. The van der Waals surface area contributed by atoms with E-state index >= 15 is 0 Å². The molecule has 0 spiro atoms. The Labute approximate surface area is 103 Å². The highest BCUT2D eigenvalue weighted by Gasteiger charge is 2.22. The molecular weight excluding hydrogens is 216 g/mol. The summed E-state index contributed by atoms with van der Waals surface area (Å²) in [5, 5.41) is 0. The molecule has 1 atom stereocenters. The third-order valence-electron chi connectivity index (χ3n) is 3.15. The van der Waals surface area contributed by atoms with Gasteiger partial charge in [0.05, 0.1) is 19.8 Å². The van der Waals surface area contributed by atoms with Crippen molar-refractivity contribution in [3.63, 3.8) is 0 Å². The predicted octanol–water partition coefficient (Wildman–Crippen LogP) is 3.24. The lowest BCUT2D eigenvalue weighted by Gasteiger charge is -2.21. The molecule has 3 nitrogen and oxygen atoms in total. The Morgan fingerprint density at radius 1 is 1.18 bits per heavy atom. The fourth-order valence-corrected chi connectivity index (χ4v) is 1.81. The molecule has 1 aromatic rings. The van der Waals surface area contributed by atoms with E-state index in [1.54, 1.807) is 13.2 Å². The third kappa shape index (κ3) is 2.78. The molecule has 94 valence electrons. The summed E-state index contributed by atoms with van der Waals surface area (Å²) in [7, 11) is 3.01. The minimum Gasteiger partial charge on any atom is -0.496 e. The van der Waals surface area contributed by atoms with Gasteiger partial charge >= 0.3 is 5.97 Å². The van der Waals surface area contributed by atoms with Gasteiger partial charge in [0.2, 0.25) is 0 Å². The quantitative estimate of drug-likeness (QED) is 0.753. The van der Waals surface area contributed by atoms with Crippen LogP contribution in [0.4, 0.5) is 0 Å². The molecule has 1 rings (SSSR count). The average molecular weight is 236 g/mol. The number of carbonyl (C=O) groups excluding carboxylic acids is 1. The van der Waals surface area contributed by atoms with Gasteiger partial charge in [-0.25, -0.2) is 4.79 Å². The molecule has 0 aliphatic carbocycles. The monoisotopic (exact) mass is 236 g/mol. The molecule has 0 N–H and O–H groups in total. The number of carbonyl (C=O) groups is 1. The van der Waals surface area contributed by atoms with Crippen molar-refractivity contribution < 1.29 is 14.3 Å². The summed E-state index contributed by atoms with van der Waals surface area (Å²) < 4.78 is 10.2. The molecule has 0 fully saturated rings. The lowest BCUT2D eigenvalue weighted by Crippen LogP contribution is -2.12. The van der Waals surface area contributed by atoms with E-state index < -0.39 is 0 Å². The number of esters is 1. The zero-order valence-corrected chi connectivity index (χ0v) is 11.1. The van der Waals surface area contributed by atoms with Gasteiger partial charge < -0.3 is 9.47 Å². The highest BCUT2D eigenvalue weighted by Crippen LogP contribution is 2.34. The van der Waals surface area contributed by atoms with Crippen molar-refractivity contribution in [2.75, 3.05) is 14.2 Å². The number of rotatable bonds is 4. The zero-order chi connectivity index (χ0) is 13.0. The van der Waals surface area contributed by atoms with Crippen molar-refractivity contribution in [1.82, 2.24) is 0 Å². The summed E-state index contributed by atoms with van der Waals surface area (Å²) in [6, 6.07) is 5.46. The van der Waals surface area contributed by atoms with Crippen molar-refractivity contribution in [1.29, 1.82) is 0 Å². The van der Waals surface area contributed by atoms with Crippen molar-refractivity contribution in [3.8, 4) is 5.75 Å². The Morgan fingerprint density at radius 2 is 1.82 bits per heavy atom. The number of ether oxygens (including phenoxy) is 2. The second kappa shape index (κ2) is 5.71. The van der Waals surface area contributed by atoms with Gasteiger partial charge in [0.1, 0.15) is 5.75 Å². The van der Waals surface area contributed by atoms with Crippen LogP contribution in [0, 0.1) is 5.92 Å². The normalized spacial score (nSPS) is 12.4. The summed E-state index contributed by atoms with van der Waals surface area (Å²) in [6.45, 7) is 6.34. The number of methoxy groups -OCH3 is 2. The van der Waals surface area contributed by atoms with Crippen molar-refractivity contribution in [3.05, 3.63) is 29.3 Å². The van der Waals surface area contributed by atoms with Crippen LogP contribution in [0.3, 0.4) is 0 Å². The molecule has 17 heavy (non-hydrogen) atoms. The van der Waals surface area contributed by atoms with Crippen LogP contribution in [-0.4, -0.2) is 20.2 Å². The van der Waals surface area contributed by atoms with E-state index in [2.05, 4.69) is 20.8 Å². The molecule has 0 bridgehead atoms. The molecule has 0 radical (unpaired) electrons. The fraction of sp³-hybridized carbons (Fsp3) is 0.500. The van der Waals surface area contributed by atoms with Crippen molar-refractivity contribution in [2.45, 2.75) is 26.7 Å². The highest BCUT2D eigenvalue weighted by molar-refractivity contribution is 5.92. The average Bonchev–Trinajstić information content (AvgIpc) is 2.35. The molecule has 0 heterocycles. The minimum absolute atomic E-state index is 0.236. The first-order chi connectivity index (χ1) is 8.02. The van der Waals surface area contributed by atoms with Gasteiger partial charge in [-0.3, -0.25) is 0 Å². The summed E-state index contributed by atoms with van der Waals surface area (Å²) in [5.74, 6) is 1.09. The van der Waals surface area contributed by atoms with Crippen LogP contribution in [0.2, 0.25) is 0 Å². The Kier molecular flexibility index (Phi) is 4.55. The molecule has 3 heteroatoms. The Hall–Kier alpha value is -1.51. The van der Waals surface area contributed by atoms with Crippen LogP contribution in [0.1, 0.15) is 42.6 Å². The van der Waals surface area contributed by atoms with Gasteiger partial charge in [-0.15, -0.1) is 0 Å². The Balaban J connectivity index is 3.35. The van der Waals surface area contributed by atoms with Crippen LogP contribution in [-0.2, 0) is 4.74 Å². The topological polar surface area (TPSA) is 35.5 Å². The van der Waals surface area contributed by atoms with E-state index in [1.165, 1.54) is 7.11 Å². The second-order valence-corrected chi connectivity index (χ2v) is 4.45. The Bertz CT molecular complexity index is 396. The molecule has 0 amide bonds. The van der Waals surface area contributed by atoms with Crippen molar-refractivity contribution in [2.24, 2.45) is 5.92 Å². The third-order valence-corrected chi connectivity index (χ3v) is 3.15. The lowest BCUT2D eigenvalue weighted by molar-refractivity contribution is 0.0598. The van der Waals surface area contributed by atoms with E-state index in [-0.39, 0.29) is 11.9 Å². The van der Waals surface area contributed by atoms with E-state index in [0.29, 0.717) is 11.5 Å². The summed E-state index contributed by atoms with van der Waals surface area (Å²) >= 11 is 0. The molecule has 0 aliphatic rings. The maximum absolute atomic E-state index is 11.8. The molecule has 0 aromatic heterocycles. The zero-order valence-electron chi connectivity index (χ0n) is 11.1. The molecule has 1 aromatic carbocycles. The Morgan fingerprint density at radius 3 is 2.29 bits per heavy atom. The maximum atomic E-state index is 11.8. The van der Waals surface area contributed by atoms with Gasteiger partial charge in [0.15, 0.2) is 0 Å². The number of hydrogen-bond donors (Lipinski definition) is 0. The summed E-state index contributed by atoms with van der Waals surface area (Å²) in [4.78, 5) is 11.8. The molecule has 0 saturated heterocycles. The van der Waals surface area contributed by atoms with Gasteiger partial charge in [0, 0.05) is 5.56 Å². The first-order valence-electron chi connectivity index (χ1n) is 5.78. The van der Waals surface area contributed by atoms with Crippen LogP contribution < -0.4 is 4.74 Å². The van der Waals surface area contributed by atoms with Crippen LogP contribution in [0.25, 0.3) is 0 Å². The van der Waals surface area contributed by atoms with E-state index in [9.17, 15) is 4.79 Å². The SMILES string of the molecule is COC(=O)c1cccc(OC)c1[C@H](C)C(C)C. The molecule has 0 saturated carbocycles. The van der Waals surface area contributed by atoms with Gasteiger partial charge in [-0.1, -0.05) is 26.8 Å². The van der Waals surface area contributed by atoms with Gasteiger partial charge in [-0.05, 0) is 24.0 Å². The van der Waals surface area contributed by atoms with Crippen LogP contribution >= 0.6 is 0 Å². The second-order valence-electron chi connectivity index (χ2n) is 4.45. The first-order valence-corrected chi connectivity index (χ1v) is 5.78. The maximum Gasteiger partial charge on any atom is 0.338 e. The fourth-order valence-electron chi connectivity index (χ4n) is 1.81. The lowest BCUT2D eigenvalue weighted by atomic mass is 9.86. The number of benzene rings is 1. The van der Waals surface area contributed by atoms with E-state index in [4.69, 9.17) is 9.47 Å². The van der Waals surface area contributed by atoms with Crippen molar-refractivity contribution >= 4 is 5.97 Å². The van der Waals surface area contributed by atoms with Crippen LogP contribution in [0.15, 0.2) is 18.2 Å². The van der Waals surface area contributed by atoms with Gasteiger partial charge in [-0.2, -0.15) is 0 Å². The minimum atomic E-state index is -0.314. The predicted molar refractivity (Wildman–Crippen MR) is 67.6 cm³/mol. The number of hydrogen-bond acceptors (Lipinski definition) is 3. The smallest absolute Gasteiger partial charge is 0.338 e. The summed E-state index contributed by atoms with van der Waals surface area (Å²) in [5.41, 5.74) is 1.52. The molecule has 0 unspecified atom stereocenters. The first kappa shape index (κ1) is 13.6. The van der Waals surface area contributed by atoms with Crippen LogP contribution in [0.5, 0.6) is 5.75 Å². The van der Waals surface area contributed by atoms with Gasteiger partial charge in [0.25, 0.3) is 0 Å². The highest BCUT2D eigenvalue weighted by atomic mass is 16.5. The largest absolute Gasteiger partial charge is 0.496 e. The standard InChI is InChI=1S/C14H20O3/c1-9(2)10(3)13-11(14(15)17-5)7-6-8-12(13)16-4/h6-10H,1-5H3/t10-/m1/s1. The molecular formula is C14H20O3.